The van der Waals surface area contributed by atoms with Gasteiger partial charge in [0.25, 0.3) is 0 Å². The van der Waals surface area contributed by atoms with E-state index in [4.69, 9.17) is 20.1 Å². The zero-order chi connectivity index (χ0) is 20.6. The summed E-state index contributed by atoms with van der Waals surface area (Å²) in [7, 11) is 0. The van der Waals surface area contributed by atoms with Gasteiger partial charge in [0, 0.05) is 18.3 Å². The first kappa shape index (κ1) is 18.8. The van der Waals surface area contributed by atoms with Crippen LogP contribution in [0.2, 0.25) is 0 Å². The van der Waals surface area contributed by atoms with Crippen LogP contribution in [0.25, 0.3) is 16.9 Å². The van der Waals surface area contributed by atoms with Crippen LogP contribution in [0.1, 0.15) is 23.9 Å². The summed E-state index contributed by atoms with van der Waals surface area (Å²) in [4.78, 5) is 12.6. The molecular weight excluding hydrogens is 376 g/mol. The molecule has 0 radical (unpaired) electrons. The van der Waals surface area contributed by atoms with Crippen LogP contribution in [0, 0.1) is 6.92 Å². The van der Waals surface area contributed by atoms with E-state index in [0.29, 0.717) is 33.9 Å². The standard InChI is InChI=1S/C19H20N6O4/c1-11-9-15(24-29-11)19(2,27)12-3-4-13-14(10-12)25(18(22-13)28-8-7-26)16-5-6-21-17(20)23-16/h3-6,9-10,26-27H,7-8H2,1-2H3,(H2,20,21,23). The summed E-state index contributed by atoms with van der Waals surface area (Å²) >= 11 is 0. The SMILES string of the molecule is Cc1cc(C(C)(O)c2ccc3nc(OCCO)n(-c4ccnc(N)n4)c3c2)no1. The zero-order valence-electron chi connectivity index (χ0n) is 15.9. The highest BCUT2D eigenvalue weighted by Gasteiger charge is 2.30. The van der Waals surface area contributed by atoms with Gasteiger partial charge in [0.05, 0.1) is 17.6 Å². The minimum atomic E-state index is -1.39. The molecule has 1 atom stereocenters. The fraction of sp³-hybridized carbons (Fsp3) is 0.263. The predicted octanol–water partition coefficient (Wildman–Crippen LogP) is 1.32. The third-order valence-corrected chi connectivity index (χ3v) is 4.52. The number of fused-ring (bicyclic) bond motifs is 1. The van der Waals surface area contributed by atoms with Crippen molar-refractivity contribution in [1.29, 1.82) is 0 Å². The molecule has 10 heteroatoms. The highest BCUT2D eigenvalue weighted by atomic mass is 16.5. The van der Waals surface area contributed by atoms with Crippen molar-refractivity contribution in [1.82, 2.24) is 24.7 Å². The van der Waals surface area contributed by atoms with Crippen LogP contribution in [-0.4, -0.2) is 48.1 Å². The van der Waals surface area contributed by atoms with Crippen molar-refractivity contribution < 1.29 is 19.5 Å². The van der Waals surface area contributed by atoms with E-state index < -0.39 is 5.60 Å². The largest absolute Gasteiger partial charge is 0.462 e. The molecule has 0 amide bonds. The average Bonchev–Trinajstić information content (AvgIpc) is 3.29. The molecule has 0 aliphatic carbocycles. The second-order valence-electron chi connectivity index (χ2n) is 6.67. The van der Waals surface area contributed by atoms with Gasteiger partial charge in [0.2, 0.25) is 5.95 Å². The normalized spacial score (nSPS) is 13.5. The number of nitrogens with zero attached hydrogens (tertiary/aromatic N) is 5. The van der Waals surface area contributed by atoms with Crippen molar-refractivity contribution in [2.45, 2.75) is 19.4 Å². The zero-order valence-corrected chi connectivity index (χ0v) is 15.9. The number of imidazole rings is 1. The Kier molecular flexibility index (Phi) is 4.65. The molecule has 0 spiro atoms. The molecular formula is C19H20N6O4. The van der Waals surface area contributed by atoms with Gasteiger partial charge in [0.15, 0.2) is 0 Å². The summed E-state index contributed by atoms with van der Waals surface area (Å²) in [6.07, 6.45) is 1.53. The molecule has 0 fully saturated rings. The molecule has 0 bridgehead atoms. The number of hydrogen-bond acceptors (Lipinski definition) is 9. The third-order valence-electron chi connectivity index (χ3n) is 4.52. The van der Waals surface area contributed by atoms with E-state index in [-0.39, 0.29) is 25.2 Å². The molecule has 10 nitrogen and oxygen atoms in total. The number of nitrogens with two attached hydrogens (primary N) is 1. The fourth-order valence-corrected chi connectivity index (χ4v) is 3.04. The first-order valence-corrected chi connectivity index (χ1v) is 8.92. The van der Waals surface area contributed by atoms with E-state index >= 15 is 0 Å². The van der Waals surface area contributed by atoms with E-state index in [1.807, 2.05) is 0 Å². The third kappa shape index (κ3) is 3.39. The number of hydrogen-bond donors (Lipinski definition) is 3. The van der Waals surface area contributed by atoms with Gasteiger partial charge in [0.1, 0.15) is 29.5 Å². The first-order chi connectivity index (χ1) is 13.9. The van der Waals surface area contributed by atoms with Gasteiger partial charge in [-0.25, -0.2) is 9.55 Å². The Hall–Kier alpha value is -3.50. The second kappa shape index (κ2) is 7.15. The molecule has 0 saturated carbocycles. The van der Waals surface area contributed by atoms with E-state index in [0.717, 1.165) is 0 Å². The minimum absolute atomic E-state index is 0.0622. The fourth-order valence-electron chi connectivity index (χ4n) is 3.04. The summed E-state index contributed by atoms with van der Waals surface area (Å²) in [5, 5.41) is 24.2. The summed E-state index contributed by atoms with van der Waals surface area (Å²) in [5.74, 6) is 1.14. The van der Waals surface area contributed by atoms with E-state index in [9.17, 15) is 5.11 Å². The molecule has 3 aromatic heterocycles. The van der Waals surface area contributed by atoms with Crippen LogP contribution in [0.15, 0.2) is 41.1 Å². The lowest BCUT2D eigenvalue weighted by atomic mass is 9.92. The topological polar surface area (TPSA) is 145 Å². The number of benzene rings is 1. The first-order valence-electron chi connectivity index (χ1n) is 8.92. The average molecular weight is 396 g/mol. The van der Waals surface area contributed by atoms with Gasteiger partial charge in [-0.15, -0.1) is 0 Å². The molecule has 3 heterocycles. The summed E-state index contributed by atoms with van der Waals surface area (Å²) in [6.45, 7) is 3.29. The van der Waals surface area contributed by atoms with Gasteiger partial charge in [-0.3, -0.25) is 0 Å². The monoisotopic (exact) mass is 396 g/mol. The van der Waals surface area contributed by atoms with Gasteiger partial charge in [-0.1, -0.05) is 11.2 Å². The van der Waals surface area contributed by atoms with Crippen LogP contribution in [0.3, 0.4) is 0 Å². The number of aliphatic hydroxyl groups is 2. The molecule has 1 aromatic carbocycles. The Morgan fingerprint density at radius 2 is 2.07 bits per heavy atom. The number of anilines is 1. The van der Waals surface area contributed by atoms with E-state index in [2.05, 4.69) is 20.1 Å². The molecule has 1 unspecified atom stereocenters. The lowest BCUT2D eigenvalue weighted by Crippen LogP contribution is -2.23. The Bertz CT molecular complexity index is 1170. The maximum Gasteiger partial charge on any atom is 0.303 e. The van der Waals surface area contributed by atoms with E-state index in [1.165, 1.54) is 6.20 Å². The van der Waals surface area contributed by atoms with Crippen molar-refractivity contribution >= 4 is 17.0 Å². The summed E-state index contributed by atoms with van der Waals surface area (Å²) in [6, 6.07) is 8.88. The maximum atomic E-state index is 11.1. The van der Waals surface area contributed by atoms with Gasteiger partial charge in [-0.2, -0.15) is 9.97 Å². The van der Waals surface area contributed by atoms with Crippen LogP contribution in [0.5, 0.6) is 6.01 Å². The van der Waals surface area contributed by atoms with E-state index in [1.54, 1.807) is 48.7 Å². The van der Waals surface area contributed by atoms with Crippen LogP contribution < -0.4 is 10.5 Å². The number of aryl methyl sites for hydroxylation is 1. The van der Waals surface area contributed by atoms with Crippen molar-refractivity contribution in [3.63, 3.8) is 0 Å². The molecule has 4 N–H and O–H groups in total. The molecule has 0 saturated heterocycles. The maximum absolute atomic E-state index is 11.1. The Morgan fingerprint density at radius 1 is 1.24 bits per heavy atom. The summed E-state index contributed by atoms with van der Waals surface area (Å²) < 4.78 is 12.4. The molecule has 0 aliphatic heterocycles. The van der Waals surface area contributed by atoms with Crippen molar-refractivity contribution in [3.8, 4) is 11.8 Å². The number of ether oxygens (including phenoxy) is 1. The second-order valence-corrected chi connectivity index (χ2v) is 6.67. The number of aromatic nitrogens is 5. The number of aliphatic hydroxyl groups excluding tert-OH is 1. The minimum Gasteiger partial charge on any atom is -0.462 e. The van der Waals surface area contributed by atoms with Crippen molar-refractivity contribution in [3.05, 3.63) is 53.5 Å². The highest BCUT2D eigenvalue weighted by molar-refractivity contribution is 5.80. The highest BCUT2D eigenvalue weighted by Crippen LogP contribution is 2.33. The molecule has 29 heavy (non-hydrogen) atoms. The lowest BCUT2D eigenvalue weighted by Gasteiger charge is -2.21. The predicted molar refractivity (Wildman–Crippen MR) is 104 cm³/mol. The van der Waals surface area contributed by atoms with Gasteiger partial charge >= 0.3 is 6.01 Å². The quantitative estimate of drug-likeness (QED) is 0.439. The molecule has 0 aliphatic rings. The van der Waals surface area contributed by atoms with Crippen molar-refractivity contribution in [2.24, 2.45) is 0 Å². The molecule has 4 aromatic rings. The Morgan fingerprint density at radius 3 is 2.76 bits per heavy atom. The van der Waals surface area contributed by atoms with Gasteiger partial charge < -0.3 is 25.2 Å². The Labute approximate surface area is 165 Å². The summed E-state index contributed by atoms with van der Waals surface area (Å²) in [5.41, 5.74) is 6.57. The number of nitrogen functional groups attached to an aromatic ring is 1. The Balaban J connectivity index is 1.90. The van der Waals surface area contributed by atoms with Crippen LogP contribution in [-0.2, 0) is 5.60 Å². The van der Waals surface area contributed by atoms with Gasteiger partial charge in [-0.05, 0) is 31.5 Å². The smallest absolute Gasteiger partial charge is 0.303 e. The van der Waals surface area contributed by atoms with Crippen molar-refractivity contribution in [2.75, 3.05) is 18.9 Å². The molecule has 150 valence electrons. The number of rotatable bonds is 6. The lowest BCUT2D eigenvalue weighted by molar-refractivity contribution is 0.0933. The van der Waals surface area contributed by atoms with Crippen LogP contribution in [0.4, 0.5) is 5.95 Å². The molecule has 4 rings (SSSR count). The van der Waals surface area contributed by atoms with Crippen LogP contribution >= 0.6 is 0 Å².